The Labute approximate surface area is 129 Å². The van der Waals surface area contributed by atoms with Crippen molar-refractivity contribution in [2.75, 3.05) is 51.9 Å². The van der Waals surface area contributed by atoms with E-state index in [4.69, 9.17) is 0 Å². The van der Waals surface area contributed by atoms with Gasteiger partial charge in [0.25, 0.3) is 20.2 Å². The minimum Gasteiger partial charge on any atom is -0.337 e. The third-order valence-electron chi connectivity index (χ3n) is 2.78. The first-order chi connectivity index (χ1) is 9.98. The molecule has 0 aliphatic carbocycles. The molecule has 22 heavy (non-hydrogen) atoms. The molecule has 0 unspecified atom stereocenters. The van der Waals surface area contributed by atoms with Gasteiger partial charge in [-0.05, 0) is 0 Å². The Morgan fingerprint density at radius 2 is 1.05 bits per heavy atom. The molecule has 1 aliphatic rings. The number of hydrogen-bond acceptors (Lipinski definition) is 8. The van der Waals surface area contributed by atoms with Crippen LogP contribution in [-0.2, 0) is 38.2 Å². The zero-order chi connectivity index (χ0) is 17.0. The lowest BCUT2D eigenvalue weighted by Gasteiger charge is -2.34. The summed E-state index contributed by atoms with van der Waals surface area (Å²) in [5, 5.41) is 0. The maximum absolute atomic E-state index is 11.7. The molecule has 0 atom stereocenters. The van der Waals surface area contributed by atoms with Crippen LogP contribution in [0.1, 0.15) is 0 Å². The first-order valence-corrected chi connectivity index (χ1v) is 9.85. The highest BCUT2D eigenvalue weighted by Gasteiger charge is 2.25. The normalized spacial score (nSPS) is 16.6. The van der Waals surface area contributed by atoms with E-state index in [2.05, 4.69) is 8.37 Å². The van der Waals surface area contributed by atoms with E-state index in [1.165, 1.54) is 9.80 Å². The van der Waals surface area contributed by atoms with E-state index in [1.807, 2.05) is 0 Å². The van der Waals surface area contributed by atoms with Gasteiger partial charge in [0, 0.05) is 26.2 Å². The van der Waals surface area contributed by atoms with Gasteiger partial charge in [0.1, 0.15) is 13.2 Å². The summed E-state index contributed by atoms with van der Waals surface area (Å²) >= 11 is 0. The Kier molecular flexibility index (Phi) is 6.28. The standard InChI is InChI=1S/C10H18N2O8S2/c1-21(15,16)19-7-9(13)11-3-5-12(6-4-11)10(14)8-20-22(2,17)18/h3-8H2,1-2H3. The van der Waals surface area contributed by atoms with Gasteiger partial charge in [0.15, 0.2) is 0 Å². The van der Waals surface area contributed by atoms with Crippen LogP contribution < -0.4 is 0 Å². The highest BCUT2D eigenvalue weighted by Crippen LogP contribution is 2.04. The van der Waals surface area contributed by atoms with Crippen molar-refractivity contribution in [3.05, 3.63) is 0 Å². The summed E-state index contributed by atoms with van der Waals surface area (Å²) in [6.45, 7) is -0.339. The van der Waals surface area contributed by atoms with Gasteiger partial charge in [-0.3, -0.25) is 18.0 Å². The van der Waals surface area contributed by atoms with Crippen molar-refractivity contribution in [1.29, 1.82) is 0 Å². The Bertz CT molecular complexity index is 563. The SMILES string of the molecule is CS(=O)(=O)OCC(=O)N1CCN(C(=O)COS(C)(=O)=O)CC1. The molecule has 2 amide bonds. The second-order valence-electron chi connectivity index (χ2n) is 4.69. The highest BCUT2D eigenvalue weighted by atomic mass is 32.2. The van der Waals surface area contributed by atoms with Gasteiger partial charge in [0.05, 0.1) is 12.5 Å². The fraction of sp³-hybridized carbons (Fsp3) is 0.800. The van der Waals surface area contributed by atoms with Crippen molar-refractivity contribution in [2.24, 2.45) is 0 Å². The molecule has 1 heterocycles. The molecule has 0 radical (unpaired) electrons. The largest absolute Gasteiger partial charge is 0.337 e. The van der Waals surface area contributed by atoms with Crippen LogP contribution in [0.5, 0.6) is 0 Å². The minimum absolute atomic E-state index is 0.205. The second kappa shape index (κ2) is 7.35. The zero-order valence-corrected chi connectivity index (χ0v) is 13.9. The predicted molar refractivity (Wildman–Crippen MR) is 74.8 cm³/mol. The number of nitrogens with zero attached hydrogens (tertiary/aromatic N) is 2. The Hall–Kier alpha value is -1.24. The molecule has 0 aromatic rings. The molecule has 1 fully saturated rings. The third-order valence-corrected chi connectivity index (χ3v) is 3.87. The topological polar surface area (TPSA) is 127 Å². The lowest BCUT2D eigenvalue weighted by molar-refractivity contribution is -0.141. The summed E-state index contributed by atoms with van der Waals surface area (Å²) in [6, 6.07) is 0. The molecule has 1 rings (SSSR count). The molecule has 0 N–H and O–H groups in total. The summed E-state index contributed by atoms with van der Waals surface area (Å²) in [7, 11) is -7.38. The van der Waals surface area contributed by atoms with Crippen molar-refractivity contribution in [3.63, 3.8) is 0 Å². The Morgan fingerprint density at radius 1 is 0.773 bits per heavy atom. The van der Waals surface area contributed by atoms with Crippen LogP contribution >= 0.6 is 0 Å². The summed E-state index contributed by atoms with van der Waals surface area (Å²) < 4.78 is 52.0. The minimum atomic E-state index is -3.69. The number of rotatable bonds is 6. The zero-order valence-electron chi connectivity index (χ0n) is 12.2. The van der Waals surface area contributed by atoms with Crippen molar-refractivity contribution in [1.82, 2.24) is 9.80 Å². The van der Waals surface area contributed by atoms with Gasteiger partial charge in [-0.15, -0.1) is 0 Å². The molecule has 0 spiro atoms. The van der Waals surface area contributed by atoms with Crippen molar-refractivity contribution in [2.45, 2.75) is 0 Å². The number of carbonyl (C=O) groups excluding carboxylic acids is 2. The molecule has 10 nitrogen and oxygen atoms in total. The molecule has 0 saturated carbocycles. The second-order valence-corrected chi connectivity index (χ2v) is 7.98. The van der Waals surface area contributed by atoms with Crippen LogP contribution in [0.2, 0.25) is 0 Å². The maximum atomic E-state index is 11.7. The third kappa shape index (κ3) is 7.15. The first kappa shape index (κ1) is 18.8. The van der Waals surface area contributed by atoms with Gasteiger partial charge in [0.2, 0.25) is 11.8 Å². The Morgan fingerprint density at radius 3 is 1.27 bits per heavy atom. The van der Waals surface area contributed by atoms with E-state index < -0.39 is 45.3 Å². The molecule has 0 aromatic heterocycles. The first-order valence-electron chi connectivity index (χ1n) is 6.22. The van der Waals surface area contributed by atoms with Gasteiger partial charge in [-0.2, -0.15) is 16.8 Å². The average Bonchev–Trinajstić information content (AvgIpc) is 2.40. The van der Waals surface area contributed by atoms with Gasteiger partial charge < -0.3 is 9.80 Å². The fourth-order valence-electron chi connectivity index (χ4n) is 1.70. The number of carbonyl (C=O) groups is 2. The summed E-state index contributed by atoms with van der Waals surface area (Å²) in [6.07, 6.45) is 1.69. The molecule has 0 bridgehead atoms. The van der Waals surface area contributed by atoms with E-state index in [9.17, 15) is 26.4 Å². The number of amides is 2. The summed E-state index contributed by atoms with van der Waals surface area (Å²) in [5.74, 6) is -0.991. The van der Waals surface area contributed by atoms with Crippen molar-refractivity contribution >= 4 is 32.1 Å². The monoisotopic (exact) mass is 358 g/mol. The lowest BCUT2D eigenvalue weighted by Crippen LogP contribution is -2.52. The summed E-state index contributed by atoms with van der Waals surface area (Å²) in [4.78, 5) is 26.1. The van der Waals surface area contributed by atoms with Gasteiger partial charge in [-0.1, -0.05) is 0 Å². The van der Waals surface area contributed by atoms with Gasteiger partial charge in [-0.25, -0.2) is 0 Å². The fourth-order valence-corrected chi connectivity index (χ4v) is 2.33. The maximum Gasteiger partial charge on any atom is 0.264 e. The highest BCUT2D eigenvalue weighted by molar-refractivity contribution is 7.86. The molecule has 1 saturated heterocycles. The molecule has 1 aliphatic heterocycles. The van der Waals surface area contributed by atoms with Crippen LogP contribution in [0.4, 0.5) is 0 Å². The van der Waals surface area contributed by atoms with E-state index >= 15 is 0 Å². The predicted octanol–water partition coefficient (Wildman–Crippen LogP) is -2.39. The van der Waals surface area contributed by atoms with Crippen LogP contribution in [0.3, 0.4) is 0 Å². The molecule has 0 aromatic carbocycles. The van der Waals surface area contributed by atoms with Crippen molar-refractivity contribution < 1.29 is 34.8 Å². The average molecular weight is 358 g/mol. The van der Waals surface area contributed by atoms with E-state index in [0.29, 0.717) is 0 Å². The quantitative estimate of drug-likeness (QED) is 0.481. The van der Waals surface area contributed by atoms with Crippen LogP contribution in [-0.4, -0.2) is 90.4 Å². The van der Waals surface area contributed by atoms with E-state index in [1.54, 1.807) is 0 Å². The van der Waals surface area contributed by atoms with E-state index in [-0.39, 0.29) is 26.2 Å². The van der Waals surface area contributed by atoms with Crippen molar-refractivity contribution in [3.8, 4) is 0 Å². The van der Waals surface area contributed by atoms with Gasteiger partial charge >= 0.3 is 0 Å². The lowest BCUT2D eigenvalue weighted by atomic mass is 10.3. The Balaban J connectivity index is 2.39. The van der Waals surface area contributed by atoms with E-state index in [0.717, 1.165) is 12.5 Å². The van der Waals surface area contributed by atoms with Crippen LogP contribution in [0.25, 0.3) is 0 Å². The molecular formula is C10H18N2O8S2. The molecular weight excluding hydrogens is 340 g/mol. The molecule has 128 valence electrons. The molecule has 12 heteroatoms. The van der Waals surface area contributed by atoms with Crippen LogP contribution in [0, 0.1) is 0 Å². The number of piperazine rings is 1. The number of hydrogen-bond donors (Lipinski definition) is 0. The summed E-state index contributed by atoms with van der Waals surface area (Å²) in [5.41, 5.74) is 0. The smallest absolute Gasteiger partial charge is 0.264 e. The van der Waals surface area contributed by atoms with Crippen LogP contribution in [0.15, 0.2) is 0 Å².